The Morgan fingerprint density at radius 1 is 1.13 bits per heavy atom. The molecule has 4 heteroatoms. The van der Waals surface area contributed by atoms with Gasteiger partial charge in [-0.3, -0.25) is 0 Å². The van der Waals surface area contributed by atoms with Crippen LogP contribution >= 0.6 is 0 Å². The number of hydrogen-bond donors (Lipinski definition) is 1. The number of aromatic hydroxyl groups is 1. The van der Waals surface area contributed by atoms with Gasteiger partial charge in [-0.05, 0) is 30.5 Å². The molecule has 2 rings (SSSR count). The van der Waals surface area contributed by atoms with Gasteiger partial charge in [0.1, 0.15) is 23.7 Å². The number of carbonyl (C=O) groups excluding carboxylic acids is 1. The van der Waals surface area contributed by atoms with Crippen LogP contribution in [0.2, 0.25) is 0 Å². The van der Waals surface area contributed by atoms with Crippen molar-refractivity contribution in [2.24, 2.45) is 0 Å². The molecule has 0 saturated carbocycles. The van der Waals surface area contributed by atoms with Crippen LogP contribution in [0.3, 0.4) is 0 Å². The molecule has 0 atom stereocenters. The molecule has 0 aliphatic rings. The third kappa shape index (κ3) is 4.49. The van der Waals surface area contributed by atoms with Crippen LogP contribution in [0.25, 0.3) is 0 Å². The molecule has 2 aromatic carbocycles. The maximum absolute atomic E-state index is 12.0. The SMILES string of the molecule is CCCc1cc(OCc2ccccc2)cc(O)c1C(=O)OCC. The summed E-state index contributed by atoms with van der Waals surface area (Å²) in [5, 5.41) is 10.2. The van der Waals surface area contributed by atoms with Gasteiger partial charge in [-0.25, -0.2) is 4.79 Å². The number of esters is 1. The normalized spacial score (nSPS) is 10.3. The second kappa shape index (κ2) is 8.22. The van der Waals surface area contributed by atoms with Crippen molar-refractivity contribution in [3.05, 3.63) is 59.2 Å². The van der Waals surface area contributed by atoms with E-state index in [1.807, 2.05) is 37.3 Å². The molecule has 4 nitrogen and oxygen atoms in total. The third-order valence-corrected chi connectivity index (χ3v) is 3.42. The van der Waals surface area contributed by atoms with E-state index >= 15 is 0 Å². The fourth-order valence-electron chi connectivity index (χ4n) is 2.39. The third-order valence-electron chi connectivity index (χ3n) is 3.42. The van der Waals surface area contributed by atoms with Crippen molar-refractivity contribution >= 4 is 5.97 Å². The molecule has 0 spiro atoms. The van der Waals surface area contributed by atoms with Crippen molar-refractivity contribution in [3.63, 3.8) is 0 Å². The zero-order valence-corrected chi connectivity index (χ0v) is 13.5. The van der Waals surface area contributed by atoms with Gasteiger partial charge in [0.2, 0.25) is 0 Å². The van der Waals surface area contributed by atoms with E-state index in [0.717, 1.165) is 17.5 Å². The van der Waals surface area contributed by atoms with Crippen LogP contribution in [0.5, 0.6) is 11.5 Å². The fraction of sp³-hybridized carbons (Fsp3) is 0.316. The highest BCUT2D eigenvalue weighted by molar-refractivity contribution is 5.94. The van der Waals surface area contributed by atoms with E-state index in [9.17, 15) is 9.90 Å². The maximum Gasteiger partial charge on any atom is 0.342 e. The Bertz CT molecular complexity index is 650. The van der Waals surface area contributed by atoms with Gasteiger partial charge in [-0.2, -0.15) is 0 Å². The van der Waals surface area contributed by atoms with Crippen molar-refractivity contribution in [3.8, 4) is 11.5 Å². The minimum absolute atomic E-state index is 0.0996. The van der Waals surface area contributed by atoms with Gasteiger partial charge in [0, 0.05) is 6.07 Å². The summed E-state index contributed by atoms with van der Waals surface area (Å²) in [6, 6.07) is 13.1. The lowest BCUT2D eigenvalue weighted by molar-refractivity contribution is 0.0521. The first-order valence-corrected chi connectivity index (χ1v) is 7.85. The van der Waals surface area contributed by atoms with Gasteiger partial charge in [0.15, 0.2) is 0 Å². The number of hydrogen-bond acceptors (Lipinski definition) is 4. The Kier molecular flexibility index (Phi) is 6.03. The second-order valence-corrected chi connectivity index (χ2v) is 5.22. The smallest absolute Gasteiger partial charge is 0.342 e. The minimum atomic E-state index is -0.497. The summed E-state index contributed by atoms with van der Waals surface area (Å²) in [4.78, 5) is 12.0. The summed E-state index contributed by atoms with van der Waals surface area (Å²) < 4.78 is 10.8. The highest BCUT2D eigenvalue weighted by atomic mass is 16.5. The van der Waals surface area contributed by atoms with E-state index in [4.69, 9.17) is 9.47 Å². The summed E-state index contributed by atoms with van der Waals surface area (Å²) >= 11 is 0. The molecule has 0 heterocycles. The first kappa shape index (κ1) is 16.9. The van der Waals surface area contributed by atoms with Crippen molar-refractivity contribution in [2.45, 2.75) is 33.3 Å². The van der Waals surface area contributed by atoms with E-state index in [1.165, 1.54) is 6.07 Å². The van der Waals surface area contributed by atoms with Gasteiger partial charge in [0.05, 0.1) is 6.61 Å². The topological polar surface area (TPSA) is 55.8 Å². The van der Waals surface area contributed by atoms with Crippen LogP contribution < -0.4 is 4.74 Å². The monoisotopic (exact) mass is 314 g/mol. The predicted octanol–water partition coefficient (Wildman–Crippen LogP) is 4.10. The molecular weight excluding hydrogens is 292 g/mol. The van der Waals surface area contributed by atoms with E-state index < -0.39 is 5.97 Å². The first-order valence-electron chi connectivity index (χ1n) is 7.85. The van der Waals surface area contributed by atoms with E-state index in [1.54, 1.807) is 13.0 Å². The molecule has 122 valence electrons. The molecule has 0 aliphatic heterocycles. The molecule has 23 heavy (non-hydrogen) atoms. The molecule has 0 amide bonds. The van der Waals surface area contributed by atoms with Crippen LogP contribution in [-0.2, 0) is 17.8 Å². The van der Waals surface area contributed by atoms with Gasteiger partial charge in [-0.15, -0.1) is 0 Å². The molecule has 0 aromatic heterocycles. The largest absolute Gasteiger partial charge is 0.507 e. The first-order chi connectivity index (χ1) is 11.2. The fourth-order valence-corrected chi connectivity index (χ4v) is 2.39. The lowest BCUT2D eigenvalue weighted by Crippen LogP contribution is -2.09. The van der Waals surface area contributed by atoms with Crippen LogP contribution in [-0.4, -0.2) is 17.7 Å². The van der Waals surface area contributed by atoms with Crippen LogP contribution in [0, 0.1) is 0 Å². The standard InChI is InChI=1S/C19H22O4/c1-3-8-15-11-16(23-13-14-9-6-5-7-10-14)12-17(20)18(15)19(21)22-4-2/h5-7,9-12,20H,3-4,8,13H2,1-2H3. The van der Waals surface area contributed by atoms with Gasteiger partial charge in [0.25, 0.3) is 0 Å². The quantitative estimate of drug-likeness (QED) is 0.782. The molecule has 0 unspecified atom stereocenters. The molecule has 0 saturated heterocycles. The van der Waals surface area contributed by atoms with Crippen molar-refractivity contribution in [1.29, 1.82) is 0 Å². The number of carbonyl (C=O) groups is 1. The van der Waals surface area contributed by atoms with E-state index in [0.29, 0.717) is 18.8 Å². The molecular formula is C19H22O4. The summed E-state index contributed by atoms with van der Waals surface area (Å²) in [6.07, 6.45) is 1.53. The molecule has 0 fully saturated rings. The van der Waals surface area contributed by atoms with Crippen LogP contribution in [0.15, 0.2) is 42.5 Å². The van der Waals surface area contributed by atoms with Crippen LogP contribution in [0.1, 0.15) is 41.8 Å². The molecule has 0 radical (unpaired) electrons. The number of aryl methyl sites for hydroxylation is 1. The molecule has 0 aliphatic carbocycles. The summed E-state index contributed by atoms with van der Waals surface area (Å²) in [5.74, 6) is -0.0524. The molecule has 2 aromatic rings. The van der Waals surface area contributed by atoms with Gasteiger partial charge in [-0.1, -0.05) is 43.7 Å². The average Bonchev–Trinajstić information content (AvgIpc) is 2.54. The Morgan fingerprint density at radius 3 is 2.52 bits per heavy atom. The second-order valence-electron chi connectivity index (χ2n) is 5.22. The molecule has 0 bridgehead atoms. The maximum atomic E-state index is 12.0. The van der Waals surface area contributed by atoms with Gasteiger partial charge < -0.3 is 14.6 Å². The Balaban J connectivity index is 2.23. The number of benzene rings is 2. The van der Waals surface area contributed by atoms with E-state index in [2.05, 4.69) is 0 Å². The Labute approximate surface area is 136 Å². The number of phenolic OH excluding ortho intramolecular Hbond substituents is 1. The van der Waals surface area contributed by atoms with Crippen molar-refractivity contribution in [1.82, 2.24) is 0 Å². The highest BCUT2D eigenvalue weighted by Gasteiger charge is 2.19. The zero-order chi connectivity index (χ0) is 16.7. The average molecular weight is 314 g/mol. The summed E-state index contributed by atoms with van der Waals surface area (Å²) in [6.45, 7) is 4.44. The number of ether oxygens (including phenoxy) is 2. The predicted molar refractivity (Wildman–Crippen MR) is 88.8 cm³/mol. The van der Waals surface area contributed by atoms with Crippen molar-refractivity contribution in [2.75, 3.05) is 6.61 Å². The Hall–Kier alpha value is -2.49. The van der Waals surface area contributed by atoms with Gasteiger partial charge >= 0.3 is 5.97 Å². The lowest BCUT2D eigenvalue weighted by Gasteiger charge is -2.13. The summed E-state index contributed by atoms with van der Waals surface area (Å²) in [7, 11) is 0. The van der Waals surface area contributed by atoms with Crippen molar-refractivity contribution < 1.29 is 19.4 Å². The lowest BCUT2D eigenvalue weighted by atomic mass is 10.0. The highest BCUT2D eigenvalue weighted by Crippen LogP contribution is 2.30. The molecule has 1 N–H and O–H groups in total. The summed E-state index contributed by atoms with van der Waals surface area (Å²) in [5.41, 5.74) is 2.02. The van der Waals surface area contributed by atoms with E-state index in [-0.39, 0.29) is 17.9 Å². The Morgan fingerprint density at radius 2 is 1.87 bits per heavy atom. The number of phenols is 1. The minimum Gasteiger partial charge on any atom is -0.507 e. The number of rotatable bonds is 7. The zero-order valence-electron chi connectivity index (χ0n) is 13.5. The van der Waals surface area contributed by atoms with Crippen LogP contribution in [0.4, 0.5) is 0 Å².